The van der Waals surface area contributed by atoms with Crippen LogP contribution in [-0.4, -0.2) is 17.5 Å². The molecule has 0 aliphatic heterocycles. The highest BCUT2D eigenvalue weighted by Gasteiger charge is 2.26. The summed E-state index contributed by atoms with van der Waals surface area (Å²) in [6, 6.07) is 6.53. The molecule has 1 aliphatic rings. The smallest absolute Gasteiger partial charge is 0.308 e. The quantitative estimate of drug-likeness (QED) is 0.525. The van der Waals surface area contributed by atoms with Gasteiger partial charge >= 0.3 is 5.97 Å². The summed E-state index contributed by atoms with van der Waals surface area (Å²) in [4.78, 5) is 33.7. The number of hydrogen-bond acceptors (Lipinski definition) is 4. The summed E-state index contributed by atoms with van der Waals surface area (Å²) in [5, 5.41) is 0. The maximum atomic E-state index is 11.5. The van der Waals surface area contributed by atoms with Crippen LogP contribution in [0.4, 0.5) is 0 Å². The van der Waals surface area contributed by atoms with Gasteiger partial charge in [0.1, 0.15) is 5.76 Å². The van der Waals surface area contributed by atoms with E-state index in [0.29, 0.717) is 5.56 Å². The maximum Gasteiger partial charge on any atom is 0.308 e. The minimum atomic E-state index is -0.671. The van der Waals surface area contributed by atoms with E-state index >= 15 is 0 Å². The molecule has 0 heterocycles. The number of carbonyl (C=O) groups excluding carboxylic acids is 3. The molecular weight excluding hydrogens is 208 g/mol. The molecule has 1 aromatic carbocycles. The monoisotopic (exact) mass is 216 g/mol. The van der Waals surface area contributed by atoms with Crippen LogP contribution in [0.3, 0.4) is 0 Å². The fourth-order valence-corrected chi connectivity index (χ4v) is 1.53. The van der Waals surface area contributed by atoms with Crippen molar-refractivity contribution in [2.75, 3.05) is 0 Å². The van der Waals surface area contributed by atoms with Gasteiger partial charge in [-0.15, -0.1) is 0 Å². The van der Waals surface area contributed by atoms with E-state index in [-0.39, 0.29) is 11.3 Å². The Kier molecular flexibility index (Phi) is 2.40. The fourth-order valence-electron chi connectivity index (χ4n) is 1.53. The molecule has 0 N–H and O–H groups in total. The molecule has 0 spiro atoms. The van der Waals surface area contributed by atoms with Gasteiger partial charge in [-0.2, -0.15) is 0 Å². The maximum absolute atomic E-state index is 11.5. The number of rotatable bonds is 1. The predicted octanol–water partition coefficient (Wildman–Crippen LogP) is 1.36. The van der Waals surface area contributed by atoms with Crippen LogP contribution in [0, 0.1) is 0 Å². The number of fused-ring (bicyclic) bond motifs is 1. The van der Waals surface area contributed by atoms with Crippen molar-refractivity contribution in [3.8, 4) is 0 Å². The van der Waals surface area contributed by atoms with Crippen LogP contribution in [0.5, 0.6) is 0 Å². The Morgan fingerprint density at radius 1 is 1.12 bits per heavy atom. The molecule has 1 aliphatic carbocycles. The number of carbonyl (C=O) groups is 3. The molecule has 0 saturated carbocycles. The summed E-state index contributed by atoms with van der Waals surface area (Å²) >= 11 is 0. The van der Waals surface area contributed by atoms with Crippen molar-refractivity contribution in [3.63, 3.8) is 0 Å². The molecule has 0 amide bonds. The molecule has 0 aromatic heterocycles. The van der Waals surface area contributed by atoms with Crippen LogP contribution in [0.2, 0.25) is 0 Å². The predicted molar refractivity (Wildman–Crippen MR) is 55.5 cm³/mol. The Morgan fingerprint density at radius 2 is 1.75 bits per heavy atom. The molecular formula is C12H8O4. The lowest BCUT2D eigenvalue weighted by Gasteiger charge is -2.14. The zero-order chi connectivity index (χ0) is 11.7. The summed E-state index contributed by atoms with van der Waals surface area (Å²) < 4.78 is 4.89. The van der Waals surface area contributed by atoms with Crippen LogP contribution in [0.15, 0.2) is 30.3 Å². The summed E-state index contributed by atoms with van der Waals surface area (Å²) in [5.41, 5.74) is 0.744. The van der Waals surface area contributed by atoms with E-state index in [4.69, 9.17) is 4.74 Å². The van der Waals surface area contributed by atoms with E-state index in [9.17, 15) is 14.4 Å². The second-order valence-corrected chi connectivity index (χ2v) is 3.34. The first-order valence-corrected chi connectivity index (χ1v) is 4.68. The number of esters is 1. The van der Waals surface area contributed by atoms with Crippen LogP contribution >= 0.6 is 0 Å². The Balaban J connectivity index is 2.55. The van der Waals surface area contributed by atoms with Gasteiger partial charge in [-0.25, -0.2) is 0 Å². The standard InChI is InChI=1S/C12H8O4/c1-7(13)16-11-6-10(14)12(15)9-5-3-2-4-8(9)11/h2-6H,1H3. The first-order valence-electron chi connectivity index (χ1n) is 4.68. The number of Topliss-reactive ketones (excluding diaryl/α,β-unsaturated/α-hetero) is 1. The van der Waals surface area contributed by atoms with Crippen LogP contribution < -0.4 is 0 Å². The summed E-state index contributed by atoms with van der Waals surface area (Å²) in [6.45, 7) is 1.24. The third-order valence-corrected chi connectivity index (χ3v) is 2.18. The molecule has 0 saturated heterocycles. The summed E-state index contributed by atoms with van der Waals surface area (Å²) in [5.74, 6) is -1.64. The van der Waals surface area contributed by atoms with E-state index in [2.05, 4.69) is 0 Å². The number of allylic oxidation sites excluding steroid dienone is 1. The third kappa shape index (κ3) is 1.65. The topological polar surface area (TPSA) is 60.4 Å². The van der Waals surface area contributed by atoms with E-state index in [1.54, 1.807) is 18.2 Å². The Hall–Kier alpha value is -2.23. The van der Waals surface area contributed by atoms with Crippen molar-refractivity contribution in [1.82, 2.24) is 0 Å². The van der Waals surface area contributed by atoms with Gasteiger partial charge in [0.05, 0.1) is 0 Å². The molecule has 2 rings (SSSR count). The number of benzene rings is 1. The highest BCUT2D eigenvalue weighted by Crippen LogP contribution is 2.25. The third-order valence-electron chi connectivity index (χ3n) is 2.18. The first-order chi connectivity index (χ1) is 7.59. The molecule has 80 valence electrons. The van der Waals surface area contributed by atoms with Crippen LogP contribution in [0.25, 0.3) is 5.76 Å². The van der Waals surface area contributed by atoms with E-state index in [0.717, 1.165) is 6.08 Å². The molecule has 16 heavy (non-hydrogen) atoms. The van der Waals surface area contributed by atoms with Crippen molar-refractivity contribution >= 4 is 23.3 Å². The molecule has 4 heteroatoms. The average Bonchev–Trinajstić information content (AvgIpc) is 2.25. The molecule has 0 fully saturated rings. The Labute approximate surface area is 91.5 Å². The minimum absolute atomic E-state index is 0.132. The van der Waals surface area contributed by atoms with Gasteiger partial charge in [0.2, 0.25) is 11.6 Å². The molecule has 0 atom stereocenters. The summed E-state index contributed by atoms with van der Waals surface area (Å²) in [7, 11) is 0. The average molecular weight is 216 g/mol. The summed E-state index contributed by atoms with van der Waals surface area (Å²) in [6.07, 6.45) is 1.05. The van der Waals surface area contributed by atoms with Crippen molar-refractivity contribution < 1.29 is 19.1 Å². The van der Waals surface area contributed by atoms with E-state index < -0.39 is 17.5 Å². The lowest BCUT2D eigenvalue weighted by atomic mass is 9.94. The zero-order valence-electron chi connectivity index (χ0n) is 8.52. The molecule has 4 nitrogen and oxygen atoms in total. The van der Waals surface area contributed by atoms with E-state index in [1.807, 2.05) is 0 Å². The van der Waals surface area contributed by atoms with Crippen molar-refractivity contribution in [2.24, 2.45) is 0 Å². The lowest BCUT2D eigenvalue weighted by molar-refractivity contribution is -0.134. The lowest BCUT2D eigenvalue weighted by Crippen LogP contribution is -2.20. The molecule has 1 aromatic rings. The second kappa shape index (κ2) is 3.73. The van der Waals surface area contributed by atoms with Crippen LogP contribution in [-0.2, 0) is 14.3 Å². The van der Waals surface area contributed by atoms with Gasteiger partial charge in [-0.1, -0.05) is 24.3 Å². The normalized spacial score (nSPS) is 14.2. The minimum Gasteiger partial charge on any atom is -0.426 e. The van der Waals surface area contributed by atoms with Gasteiger partial charge < -0.3 is 4.74 Å². The van der Waals surface area contributed by atoms with E-state index in [1.165, 1.54) is 13.0 Å². The van der Waals surface area contributed by atoms with Crippen molar-refractivity contribution in [2.45, 2.75) is 6.92 Å². The van der Waals surface area contributed by atoms with Crippen LogP contribution in [0.1, 0.15) is 22.8 Å². The highest BCUT2D eigenvalue weighted by atomic mass is 16.5. The van der Waals surface area contributed by atoms with Crippen molar-refractivity contribution in [1.29, 1.82) is 0 Å². The SMILES string of the molecule is CC(=O)OC1=CC(=O)C(=O)c2ccccc21. The van der Waals surface area contributed by atoms with Gasteiger partial charge in [0.15, 0.2) is 0 Å². The van der Waals surface area contributed by atoms with Gasteiger partial charge in [0.25, 0.3) is 0 Å². The number of ether oxygens (including phenoxy) is 1. The van der Waals surface area contributed by atoms with Gasteiger partial charge in [-0.3, -0.25) is 14.4 Å². The molecule has 0 unspecified atom stereocenters. The largest absolute Gasteiger partial charge is 0.426 e. The molecule has 0 radical (unpaired) electrons. The Bertz CT molecular complexity index is 526. The second-order valence-electron chi connectivity index (χ2n) is 3.34. The highest BCUT2D eigenvalue weighted by molar-refractivity contribution is 6.50. The zero-order valence-corrected chi connectivity index (χ0v) is 8.52. The molecule has 0 bridgehead atoms. The first kappa shape index (κ1) is 10.3. The van der Waals surface area contributed by atoms with Crippen molar-refractivity contribution in [3.05, 3.63) is 41.5 Å². The van der Waals surface area contributed by atoms with Gasteiger partial charge in [-0.05, 0) is 0 Å². The number of hydrogen-bond donors (Lipinski definition) is 0. The number of ketones is 2. The Morgan fingerprint density at radius 3 is 2.38 bits per heavy atom. The van der Waals surface area contributed by atoms with Gasteiger partial charge in [0, 0.05) is 24.1 Å². The fraction of sp³-hybridized carbons (Fsp3) is 0.0833.